The van der Waals surface area contributed by atoms with Crippen LogP contribution in [0.4, 0.5) is 0 Å². The summed E-state index contributed by atoms with van der Waals surface area (Å²) in [5.74, 6) is -1.76. The summed E-state index contributed by atoms with van der Waals surface area (Å²) in [6.07, 6.45) is 4.28. The van der Waals surface area contributed by atoms with Gasteiger partial charge in [-0.15, -0.1) is 5.11 Å². The second kappa shape index (κ2) is 15.8. The standard InChI is InChI=1S/C28H42N6O7S/c1-21(35)41-17-7-11-26(36)31-30-20-32-15-12-23(13-16-32)19-34(42(2,39)40)25(18-22-8-4-3-5-9-22)28(38)33-14-6-10-24(33)27(29)37/h3-5,8-9,23-25H,6-7,10-20H2,1-2H3,(H2,29,37)/t24-,25+/m0/s1. The number of azo groups is 1. The van der Waals surface area contributed by atoms with Crippen LogP contribution in [0.2, 0.25) is 0 Å². The average Bonchev–Trinajstić information content (AvgIpc) is 3.44. The maximum atomic E-state index is 13.9. The Morgan fingerprint density at radius 1 is 1.10 bits per heavy atom. The van der Waals surface area contributed by atoms with Crippen LogP contribution in [-0.2, 0) is 40.4 Å². The topological polar surface area (TPSA) is 172 Å². The predicted molar refractivity (Wildman–Crippen MR) is 154 cm³/mol. The minimum Gasteiger partial charge on any atom is -0.466 e. The molecule has 1 aromatic carbocycles. The molecule has 0 unspecified atom stereocenters. The first-order valence-corrected chi connectivity index (χ1v) is 16.2. The highest BCUT2D eigenvalue weighted by Gasteiger charge is 2.41. The van der Waals surface area contributed by atoms with Gasteiger partial charge in [0.2, 0.25) is 21.8 Å². The van der Waals surface area contributed by atoms with Crippen LogP contribution in [0.5, 0.6) is 0 Å². The van der Waals surface area contributed by atoms with Crippen LogP contribution in [0.15, 0.2) is 40.6 Å². The second-order valence-electron chi connectivity index (χ2n) is 10.9. The highest BCUT2D eigenvalue weighted by molar-refractivity contribution is 7.88. The third-order valence-corrected chi connectivity index (χ3v) is 8.88. The molecule has 42 heavy (non-hydrogen) atoms. The summed E-state index contributed by atoms with van der Waals surface area (Å²) in [5.41, 5.74) is 6.39. The minimum atomic E-state index is -3.79. The number of carbonyl (C=O) groups is 4. The lowest BCUT2D eigenvalue weighted by Crippen LogP contribution is -2.56. The highest BCUT2D eigenvalue weighted by atomic mass is 32.2. The number of piperidine rings is 1. The molecule has 1 aromatic rings. The molecule has 2 aliphatic heterocycles. The van der Waals surface area contributed by atoms with Gasteiger partial charge in [-0.05, 0) is 50.0 Å². The van der Waals surface area contributed by atoms with Gasteiger partial charge in [0, 0.05) is 39.5 Å². The Morgan fingerprint density at radius 2 is 1.79 bits per heavy atom. The molecule has 2 saturated heterocycles. The summed E-state index contributed by atoms with van der Waals surface area (Å²) in [7, 11) is -3.79. The number of rotatable bonds is 14. The van der Waals surface area contributed by atoms with Gasteiger partial charge in [-0.1, -0.05) is 30.3 Å². The Bertz CT molecular complexity index is 1220. The zero-order valence-electron chi connectivity index (χ0n) is 24.4. The fourth-order valence-corrected chi connectivity index (χ4v) is 6.52. The minimum absolute atomic E-state index is 0.00686. The van der Waals surface area contributed by atoms with Crippen molar-refractivity contribution in [2.45, 2.75) is 64.0 Å². The van der Waals surface area contributed by atoms with Crippen molar-refractivity contribution in [1.82, 2.24) is 14.1 Å². The number of esters is 1. The monoisotopic (exact) mass is 606 g/mol. The van der Waals surface area contributed by atoms with Gasteiger partial charge in [-0.25, -0.2) is 8.42 Å². The van der Waals surface area contributed by atoms with Gasteiger partial charge in [0.15, 0.2) is 0 Å². The van der Waals surface area contributed by atoms with Crippen molar-refractivity contribution in [3.05, 3.63) is 35.9 Å². The normalized spacial score (nSPS) is 19.3. The van der Waals surface area contributed by atoms with Gasteiger partial charge < -0.3 is 15.4 Å². The van der Waals surface area contributed by atoms with Crippen molar-refractivity contribution >= 4 is 33.7 Å². The van der Waals surface area contributed by atoms with Gasteiger partial charge in [-0.2, -0.15) is 9.42 Å². The van der Waals surface area contributed by atoms with Crippen LogP contribution in [-0.4, -0.2) is 104 Å². The fraction of sp³-hybridized carbons (Fsp3) is 0.643. The van der Waals surface area contributed by atoms with E-state index in [9.17, 15) is 27.6 Å². The van der Waals surface area contributed by atoms with Crippen LogP contribution in [0.1, 0.15) is 51.0 Å². The van der Waals surface area contributed by atoms with Crippen molar-refractivity contribution in [1.29, 1.82) is 0 Å². The number of ether oxygens (including phenoxy) is 1. The van der Waals surface area contributed by atoms with Gasteiger partial charge in [0.05, 0.1) is 12.9 Å². The van der Waals surface area contributed by atoms with E-state index in [1.54, 1.807) is 0 Å². The molecule has 2 fully saturated rings. The molecule has 0 aliphatic carbocycles. The summed E-state index contributed by atoms with van der Waals surface area (Å²) in [6.45, 7) is 3.52. The Kier molecular flexibility index (Phi) is 12.6. The smallest absolute Gasteiger partial charge is 0.302 e. The number of nitrogens with two attached hydrogens (primary N) is 1. The van der Waals surface area contributed by atoms with E-state index in [2.05, 4.69) is 10.2 Å². The molecule has 0 aromatic heterocycles. The summed E-state index contributed by atoms with van der Waals surface area (Å²) in [5, 5.41) is 7.71. The third-order valence-electron chi connectivity index (χ3n) is 7.63. The first-order valence-electron chi connectivity index (χ1n) is 14.3. The van der Waals surface area contributed by atoms with Crippen LogP contribution in [0.25, 0.3) is 0 Å². The van der Waals surface area contributed by atoms with E-state index in [0.29, 0.717) is 51.7 Å². The predicted octanol–water partition coefficient (Wildman–Crippen LogP) is 1.33. The molecular formula is C28H42N6O7S. The lowest BCUT2D eigenvalue weighted by Gasteiger charge is -2.37. The Balaban J connectivity index is 1.63. The highest BCUT2D eigenvalue weighted by Crippen LogP contribution is 2.26. The first-order chi connectivity index (χ1) is 20.0. The van der Waals surface area contributed by atoms with E-state index in [-0.39, 0.29) is 44.5 Å². The van der Waals surface area contributed by atoms with Crippen molar-refractivity contribution in [3.63, 3.8) is 0 Å². The van der Waals surface area contributed by atoms with E-state index in [0.717, 1.165) is 11.8 Å². The molecule has 0 bridgehead atoms. The number of nitrogens with zero attached hydrogens (tertiary/aromatic N) is 5. The van der Waals surface area contributed by atoms with E-state index < -0.39 is 39.9 Å². The van der Waals surface area contributed by atoms with Crippen LogP contribution >= 0.6 is 0 Å². The summed E-state index contributed by atoms with van der Waals surface area (Å²) in [6, 6.07) is 7.51. The lowest BCUT2D eigenvalue weighted by atomic mass is 9.96. The molecule has 2 aliphatic rings. The van der Waals surface area contributed by atoms with Crippen molar-refractivity contribution in [2.75, 3.05) is 45.7 Å². The van der Waals surface area contributed by atoms with Crippen LogP contribution in [0.3, 0.4) is 0 Å². The molecule has 0 radical (unpaired) electrons. The SMILES string of the molecule is CC(=O)OCCCC(=O)N=NCN1CCC(CN([C@H](Cc2ccccc2)C(=O)N2CCC[C@H]2C(N)=O)S(C)(=O)=O)CC1. The Morgan fingerprint density at radius 3 is 2.40 bits per heavy atom. The van der Waals surface area contributed by atoms with E-state index >= 15 is 0 Å². The molecule has 2 heterocycles. The zero-order valence-corrected chi connectivity index (χ0v) is 25.2. The molecule has 232 valence electrons. The quantitative estimate of drug-likeness (QED) is 0.188. The van der Waals surface area contributed by atoms with E-state index in [1.807, 2.05) is 35.2 Å². The molecule has 2 N–H and O–H groups in total. The molecule has 3 rings (SSSR count). The molecule has 13 nitrogen and oxygen atoms in total. The van der Waals surface area contributed by atoms with Gasteiger partial charge >= 0.3 is 5.97 Å². The number of amides is 3. The maximum Gasteiger partial charge on any atom is 0.302 e. The van der Waals surface area contributed by atoms with Gasteiger partial charge in [0.25, 0.3) is 5.91 Å². The van der Waals surface area contributed by atoms with E-state index in [1.165, 1.54) is 16.1 Å². The number of benzene rings is 1. The molecule has 0 saturated carbocycles. The van der Waals surface area contributed by atoms with Crippen LogP contribution < -0.4 is 5.73 Å². The van der Waals surface area contributed by atoms with Crippen molar-refractivity contribution < 1.29 is 32.3 Å². The number of hydrogen-bond donors (Lipinski definition) is 1. The number of carbonyl (C=O) groups excluding carboxylic acids is 4. The number of sulfonamides is 1. The summed E-state index contributed by atoms with van der Waals surface area (Å²) < 4.78 is 32.4. The van der Waals surface area contributed by atoms with Crippen molar-refractivity contribution in [2.24, 2.45) is 21.9 Å². The molecule has 3 amide bonds. The first kappa shape index (κ1) is 33.3. The largest absolute Gasteiger partial charge is 0.466 e. The van der Waals surface area contributed by atoms with Crippen LogP contribution in [0, 0.1) is 5.92 Å². The van der Waals surface area contributed by atoms with E-state index in [4.69, 9.17) is 10.5 Å². The summed E-state index contributed by atoms with van der Waals surface area (Å²) in [4.78, 5) is 52.0. The summed E-state index contributed by atoms with van der Waals surface area (Å²) >= 11 is 0. The Labute approximate surface area is 247 Å². The van der Waals surface area contributed by atoms with Gasteiger partial charge in [-0.3, -0.25) is 24.1 Å². The Hall–Kier alpha value is -3.23. The van der Waals surface area contributed by atoms with Crippen molar-refractivity contribution in [3.8, 4) is 0 Å². The average molecular weight is 607 g/mol. The van der Waals surface area contributed by atoms with Gasteiger partial charge in [0.1, 0.15) is 18.8 Å². The molecular weight excluding hydrogens is 564 g/mol. The molecule has 14 heteroatoms. The number of likely N-dealkylation sites (tertiary alicyclic amines) is 2. The fourth-order valence-electron chi connectivity index (χ4n) is 5.42. The molecule has 0 spiro atoms. The second-order valence-corrected chi connectivity index (χ2v) is 12.8. The third kappa shape index (κ3) is 10.2. The zero-order chi connectivity index (χ0) is 30.7. The maximum absolute atomic E-state index is 13.9. The molecule has 2 atom stereocenters. The lowest BCUT2D eigenvalue weighted by molar-refractivity contribution is -0.141. The number of primary amides is 1. The number of hydrogen-bond acceptors (Lipinski definition) is 9.